The summed E-state index contributed by atoms with van der Waals surface area (Å²) in [5, 5.41) is 15.8. The van der Waals surface area contributed by atoms with Gasteiger partial charge in [0.25, 0.3) is 0 Å². The van der Waals surface area contributed by atoms with Crippen molar-refractivity contribution in [3.05, 3.63) is 63.9 Å². The van der Waals surface area contributed by atoms with Crippen LogP contribution in [-0.2, 0) is 4.79 Å². The number of nitrogens with zero attached hydrogens (tertiary/aromatic N) is 2. The molecule has 3 aromatic rings. The number of rotatable bonds is 7. The highest BCUT2D eigenvalue weighted by Gasteiger charge is 2.14. The summed E-state index contributed by atoms with van der Waals surface area (Å²) in [6, 6.07) is 15.2. The van der Waals surface area contributed by atoms with Crippen LogP contribution in [0.3, 0.4) is 0 Å². The number of hydrazone groups is 1. The van der Waals surface area contributed by atoms with Crippen LogP contribution in [0.15, 0.2) is 63.5 Å². The minimum absolute atomic E-state index is 0.433. The summed E-state index contributed by atoms with van der Waals surface area (Å²) in [6.07, 6.45) is 0.608. The number of ether oxygens (including phenoxy) is 1. The third-order valence-electron chi connectivity index (χ3n) is 3.56. The van der Waals surface area contributed by atoms with E-state index in [0.717, 1.165) is 15.7 Å². The Hall–Kier alpha value is -2.71. The van der Waals surface area contributed by atoms with Gasteiger partial charge >= 0.3 is 5.97 Å². The number of benzene rings is 2. The molecule has 0 saturated carbocycles. The van der Waals surface area contributed by atoms with Crippen molar-refractivity contribution in [2.75, 3.05) is 5.43 Å². The highest BCUT2D eigenvalue weighted by atomic mass is 79.9. The monoisotopic (exact) mass is 445 g/mol. The molecule has 0 bridgehead atoms. The molecule has 0 radical (unpaired) electrons. The highest BCUT2D eigenvalue weighted by Crippen LogP contribution is 2.25. The first kappa shape index (κ1) is 19.1. The van der Waals surface area contributed by atoms with Gasteiger partial charge in [0.2, 0.25) is 5.13 Å². The molecule has 0 aliphatic heterocycles. The zero-order chi connectivity index (χ0) is 19.2. The maximum atomic E-state index is 11.0. The standard InChI is InChI=1S/C19H16BrN3O3S/c1-12(18(24)25)26-17-8-7-15(20)9-14(17)10-21-23-19-22-16(11-27-19)13-5-3-2-4-6-13/h2-12H,1H3,(H,22,23)(H,24,25). The lowest BCUT2D eigenvalue weighted by Gasteiger charge is -2.12. The van der Waals surface area contributed by atoms with Crippen molar-refractivity contribution in [2.45, 2.75) is 13.0 Å². The molecular formula is C19H16BrN3O3S. The van der Waals surface area contributed by atoms with Crippen molar-refractivity contribution in [3.63, 3.8) is 0 Å². The largest absolute Gasteiger partial charge is 0.479 e. The summed E-state index contributed by atoms with van der Waals surface area (Å²) in [5.74, 6) is -0.599. The summed E-state index contributed by atoms with van der Waals surface area (Å²) >= 11 is 4.84. The smallest absolute Gasteiger partial charge is 0.344 e. The molecule has 6 nitrogen and oxygen atoms in total. The molecule has 0 amide bonds. The van der Waals surface area contributed by atoms with Gasteiger partial charge in [-0.05, 0) is 25.1 Å². The summed E-state index contributed by atoms with van der Waals surface area (Å²) in [7, 11) is 0. The van der Waals surface area contributed by atoms with Crippen molar-refractivity contribution in [1.29, 1.82) is 0 Å². The summed E-state index contributed by atoms with van der Waals surface area (Å²) in [6.45, 7) is 1.48. The Morgan fingerprint density at radius 3 is 2.85 bits per heavy atom. The molecule has 1 aromatic heterocycles. The topological polar surface area (TPSA) is 83.8 Å². The van der Waals surface area contributed by atoms with Crippen molar-refractivity contribution < 1.29 is 14.6 Å². The first-order chi connectivity index (χ1) is 13.0. The van der Waals surface area contributed by atoms with Gasteiger partial charge in [0, 0.05) is 21.0 Å². The van der Waals surface area contributed by atoms with Crippen molar-refractivity contribution >= 4 is 44.6 Å². The highest BCUT2D eigenvalue weighted by molar-refractivity contribution is 9.10. The van der Waals surface area contributed by atoms with Crippen LogP contribution in [0.1, 0.15) is 12.5 Å². The Balaban J connectivity index is 1.72. The molecule has 27 heavy (non-hydrogen) atoms. The number of aliphatic carboxylic acids is 1. The van der Waals surface area contributed by atoms with E-state index in [-0.39, 0.29) is 0 Å². The van der Waals surface area contributed by atoms with Crippen LogP contribution in [0.25, 0.3) is 11.3 Å². The number of carboxylic acid groups (broad SMARTS) is 1. The third kappa shape index (κ3) is 5.15. The maximum absolute atomic E-state index is 11.0. The molecule has 0 saturated heterocycles. The lowest BCUT2D eigenvalue weighted by Crippen LogP contribution is -2.23. The number of hydrogen-bond acceptors (Lipinski definition) is 6. The molecular weight excluding hydrogens is 430 g/mol. The minimum Gasteiger partial charge on any atom is -0.479 e. The van der Waals surface area contributed by atoms with Crippen molar-refractivity contribution in [2.24, 2.45) is 5.10 Å². The first-order valence-electron chi connectivity index (χ1n) is 8.02. The molecule has 0 aliphatic carbocycles. The third-order valence-corrected chi connectivity index (χ3v) is 4.80. The molecule has 138 valence electrons. The number of carboxylic acids is 1. The van der Waals surface area contributed by atoms with Crippen LogP contribution in [0, 0.1) is 0 Å². The Kier molecular flexibility index (Phi) is 6.20. The average molecular weight is 446 g/mol. The van der Waals surface area contributed by atoms with Crippen molar-refractivity contribution in [1.82, 2.24) is 4.98 Å². The van der Waals surface area contributed by atoms with Crippen LogP contribution in [0.2, 0.25) is 0 Å². The van der Waals surface area contributed by atoms with E-state index in [2.05, 4.69) is 31.4 Å². The van der Waals surface area contributed by atoms with Gasteiger partial charge in [-0.1, -0.05) is 46.3 Å². The van der Waals surface area contributed by atoms with Gasteiger partial charge in [-0.2, -0.15) is 5.10 Å². The van der Waals surface area contributed by atoms with Gasteiger partial charge in [0.05, 0.1) is 11.9 Å². The molecule has 0 aliphatic rings. The van der Waals surface area contributed by atoms with Gasteiger partial charge in [-0.25, -0.2) is 9.78 Å². The molecule has 2 N–H and O–H groups in total. The second-order valence-corrected chi connectivity index (χ2v) is 7.33. The van der Waals surface area contributed by atoms with Crippen LogP contribution in [0.5, 0.6) is 5.75 Å². The summed E-state index contributed by atoms with van der Waals surface area (Å²) in [4.78, 5) is 15.5. The van der Waals surface area contributed by atoms with Gasteiger partial charge in [0.15, 0.2) is 6.10 Å². The lowest BCUT2D eigenvalue weighted by atomic mass is 10.2. The van der Waals surface area contributed by atoms with Gasteiger partial charge in [-0.15, -0.1) is 11.3 Å². The van der Waals surface area contributed by atoms with Gasteiger partial charge in [0.1, 0.15) is 5.75 Å². The summed E-state index contributed by atoms with van der Waals surface area (Å²) in [5.41, 5.74) is 5.45. The summed E-state index contributed by atoms with van der Waals surface area (Å²) < 4.78 is 6.31. The number of carbonyl (C=O) groups is 1. The predicted molar refractivity (Wildman–Crippen MR) is 111 cm³/mol. The van der Waals surface area contributed by atoms with Crippen LogP contribution < -0.4 is 10.2 Å². The zero-order valence-corrected chi connectivity index (χ0v) is 16.7. The fourth-order valence-corrected chi connectivity index (χ4v) is 3.24. The van der Waals surface area contributed by atoms with E-state index < -0.39 is 12.1 Å². The molecule has 1 unspecified atom stereocenters. The molecule has 0 spiro atoms. The fraction of sp³-hybridized carbons (Fsp3) is 0.105. The van der Waals surface area contributed by atoms with E-state index in [9.17, 15) is 4.79 Å². The zero-order valence-electron chi connectivity index (χ0n) is 14.3. The average Bonchev–Trinajstić information content (AvgIpc) is 3.13. The number of thiazole rings is 1. The van der Waals surface area contributed by atoms with E-state index in [4.69, 9.17) is 9.84 Å². The molecule has 0 fully saturated rings. The van der Waals surface area contributed by atoms with E-state index in [1.807, 2.05) is 35.7 Å². The Morgan fingerprint density at radius 2 is 2.11 bits per heavy atom. The molecule has 2 aromatic carbocycles. The van der Waals surface area contributed by atoms with Crippen LogP contribution >= 0.6 is 27.3 Å². The van der Waals surface area contributed by atoms with Gasteiger partial charge < -0.3 is 9.84 Å². The second-order valence-electron chi connectivity index (χ2n) is 5.55. The molecule has 1 atom stereocenters. The Morgan fingerprint density at radius 1 is 1.33 bits per heavy atom. The predicted octanol–water partition coefficient (Wildman–Crippen LogP) is 4.87. The van der Waals surface area contributed by atoms with Crippen LogP contribution in [0.4, 0.5) is 5.13 Å². The fourth-order valence-electron chi connectivity index (χ4n) is 2.19. The SMILES string of the molecule is CC(Oc1ccc(Br)cc1C=NNc1nc(-c2ccccc2)cs1)C(=O)O. The first-order valence-corrected chi connectivity index (χ1v) is 9.69. The van der Waals surface area contributed by atoms with Crippen molar-refractivity contribution in [3.8, 4) is 17.0 Å². The molecule has 8 heteroatoms. The normalized spacial score (nSPS) is 12.1. The number of aromatic nitrogens is 1. The minimum atomic E-state index is -1.03. The number of halogens is 1. The maximum Gasteiger partial charge on any atom is 0.344 e. The second kappa shape index (κ2) is 8.79. The van der Waals surface area contributed by atoms with E-state index in [0.29, 0.717) is 16.4 Å². The van der Waals surface area contributed by atoms with Gasteiger partial charge in [-0.3, -0.25) is 5.43 Å². The molecule has 3 rings (SSSR count). The number of anilines is 1. The van der Waals surface area contributed by atoms with E-state index >= 15 is 0 Å². The number of nitrogens with one attached hydrogen (secondary N) is 1. The Labute approximate surface area is 168 Å². The van der Waals surface area contributed by atoms with Crippen LogP contribution in [-0.4, -0.2) is 28.4 Å². The van der Waals surface area contributed by atoms with E-state index in [1.54, 1.807) is 24.4 Å². The Bertz CT molecular complexity index is 960. The number of hydrogen-bond donors (Lipinski definition) is 2. The lowest BCUT2D eigenvalue weighted by molar-refractivity contribution is -0.144. The van der Waals surface area contributed by atoms with E-state index in [1.165, 1.54) is 18.3 Å². The molecule has 1 heterocycles. The quantitative estimate of drug-likeness (QED) is 0.400.